The maximum atomic E-state index is 12.6. The molecule has 2 aromatic rings. The summed E-state index contributed by atoms with van der Waals surface area (Å²) in [6, 6.07) is 3.65. The molecule has 126 valence electrons. The highest BCUT2D eigenvalue weighted by atomic mass is 35.5. The Bertz CT molecular complexity index is 746. The van der Waals surface area contributed by atoms with Gasteiger partial charge in [0.05, 0.1) is 18.1 Å². The number of amides is 2. The van der Waals surface area contributed by atoms with Crippen LogP contribution in [0.4, 0.5) is 5.69 Å². The Morgan fingerprint density at radius 1 is 1.46 bits per heavy atom. The van der Waals surface area contributed by atoms with Gasteiger partial charge in [-0.05, 0) is 25.5 Å². The van der Waals surface area contributed by atoms with Gasteiger partial charge in [0.1, 0.15) is 12.2 Å². The predicted molar refractivity (Wildman–Crippen MR) is 90.2 cm³/mol. The lowest BCUT2D eigenvalue weighted by Gasteiger charge is -2.23. The molecule has 0 atom stereocenters. The molecule has 3 rings (SSSR count). The van der Waals surface area contributed by atoms with Crippen LogP contribution in [0.25, 0.3) is 5.69 Å². The Hall–Kier alpha value is -2.41. The predicted octanol–water partition coefficient (Wildman–Crippen LogP) is 1.90. The van der Waals surface area contributed by atoms with Gasteiger partial charge in [-0.1, -0.05) is 11.6 Å². The van der Waals surface area contributed by atoms with Crippen molar-refractivity contribution in [2.45, 2.75) is 19.8 Å². The Balaban J connectivity index is 1.81. The van der Waals surface area contributed by atoms with Gasteiger partial charge in [0.2, 0.25) is 11.8 Å². The minimum atomic E-state index is -0.166. The van der Waals surface area contributed by atoms with Crippen LogP contribution in [-0.4, -0.2) is 51.1 Å². The van der Waals surface area contributed by atoms with Gasteiger partial charge in [0, 0.05) is 25.7 Å². The van der Waals surface area contributed by atoms with Crippen LogP contribution in [0.3, 0.4) is 0 Å². The maximum absolute atomic E-state index is 12.6. The van der Waals surface area contributed by atoms with Crippen molar-refractivity contribution in [3.8, 4) is 5.69 Å². The van der Waals surface area contributed by atoms with E-state index in [1.807, 2.05) is 13.0 Å². The third-order valence-electron chi connectivity index (χ3n) is 3.97. The largest absolute Gasteiger partial charge is 0.333 e. The summed E-state index contributed by atoms with van der Waals surface area (Å²) in [4.78, 5) is 31.5. The average molecular weight is 348 g/mol. The summed E-state index contributed by atoms with van der Waals surface area (Å²) >= 11 is 6.23. The number of likely N-dealkylation sites (tertiary alicyclic amines) is 1. The summed E-state index contributed by atoms with van der Waals surface area (Å²) in [7, 11) is 0. The summed E-state index contributed by atoms with van der Waals surface area (Å²) < 4.78 is 1.58. The summed E-state index contributed by atoms with van der Waals surface area (Å²) in [5.74, 6) is -0.142. The van der Waals surface area contributed by atoms with Crippen molar-refractivity contribution >= 4 is 29.1 Å². The maximum Gasteiger partial charge on any atom is 0.246 e. The summed E-state index contributed by atoms with van der Waals surface area (Å²) in [5.41, 5.74) is 1.28. The Kier molecular flexibility index (Phi) is 4.80. The van der Waals surface area contributed by atoms with Crippen LogP contribution in [0, 0.1) is 0 Å². The van der Waals surface area contributed by atoms with Crippen LogP contribution in [0.1, 0.15) is 19.8 Å². The number of carbonyl (C=O) groups is 2. The van der Waals surface area contributed by atoms with Gasteiger partial charge < -0.3 is 9.80 Å². The number of nitrogens with zero attached hydrogens (tertiary/aromatic N) is 5. The van der Waals surface area contributed by atoms with Crippen molar-refractivity contribution in [1.82, 2.24) is 19.7 Å². The van der Waals surface area contributed by atoms with Crippen molar-refractivity contribution in [3.05, 3.63) is 35.9 Å². The van der Waals surface area contributed by atoms with E-state index in [1.54, 1.807) is 39.1 Å². The number of hydrogen-bond acceptors (Lipinski definition) is 4. The molecule has 3 heterocycles. The van der Waals surface area contributed by atoms with Gasteiger partial charge in [0.15, 0.2) is 5.15 Å². The molecule has 0 spiro atoms. The molecule has 0 unspecified atom stereocenters. The number of pyridine rings is 1. The third kappa shape index (κ3) is 3.26. The summed E-state index contributed by atoms with van der Waals surface area (Å²) in [6.07, 6.45) is 6.35. The van der Waals surface area contributed by atoms with E-state index in [2.05, 4.69) is 10.1 Å². The van der Waals surface area contributed by atoms with E-state index in [1.165, 1.54) is 0 Å². The zero-order valence-corrected chi connectivity index (χ0v) is 14.1. The highest BCUT2D eigenvalue weighted by Crippen LogP contribution is 2.26. The normalized spacial score (nSPS) is 14.2. The SMILES string of the molecule is CCN(C(=O)CN1CCCC1=O)c1cn(-c2cccnc2)nc1Cl. The fourth-order valence-electron chi connectivity index (χ4n) is 2.75. The Morgan fingerprint density at radius 2 is 2.29 bits per heavy atom. The van der Waals surface area contributed by atoms with E-state index in [0.717, 1.165) is 12.1 Å². The molecule has 0 aromatic carbocycles. The summed E-state index contributed by atoms with van der Waals surface area (Å²) in [6.45, 7) is 3.01. The molecular weight excluding hydrogens is 330 g/mol. The van der Waals surface area contributed by atoms with Crippen LogP contribution in [0.15, 0.2) is 30.7 Å². The fraction of sp³-hybridized carbons (Fsp3) is 0.375. The zero-order chi connectivity index (χ0) is 17.1. The van der Waals surface area contributed by atoms with Crippen LogP contribution >= 0.6 is 11.6 Å². The Labute approximate surface area is 144 Å². The lowest BCUT2D eigenvalue weighted by molar-refractivity contribution is -0.132. The number of likely N-dealkylation sites (N-methyl/N-ethyl adjacent to an activating group) is 1. The molecule has 0 aliphatic carbocycles. The minimum Gasteiger partial charge on any atom is -0.333 e. The lowest BCUT2D eigenvalue weighted by atomic mass is 10.3. The molecule has 2 aromatic heterocycles. The molecule has 2 amide bonds. The van der Waals surface area contributed by atoms with E-state index in [9.17, 15) is 9.59 Å². The fourth-order valence-corrected chi connectivity index (χ4v) is 2.98. The van der Waals surface area contributed by atoms with E-state index in [0.29, 0.717) is 25.2 Å². The summed E-state index contributed by atoms with van der Waals surface area (Å²) in [5, 5.41) is 4.48. The average Bonchev–Trinajstić information content (AvgIpc) is 3.16. The van der Waals surface area contributed by atoms with E-state index >= 15 is 0 Å². The first kappa shape index (κ1) is 16.4. The first-order valence-corrected chi connectivity index (χ1v) is 8.21. The molecule has 1 saturated heterocycles. The van der Waals surface area contributed by atoms with Crippen molar-refractivity contribution in [2.75, 3.05) is 24.5 Å². The van der Waals surface area contributed by atoms with Gasteiger partial charge in [-0.15, -0.1) is 0 Å². The molecule has 1 fully saturated rings. The third-order valence-corrected chi connectivity index (χ3v) is 4.24. The molecule has 0 N–H and O–H groups in total. The molecule has 24 heavy (non-hydrogen) atoms. The first-order chi connectivity index (χ1) is 11.6. The van der Waals surface area contributed by atoms with Crippen LogP contribution in [0.5, 0.6) is 0 Å². The molecule has 0 bridgehead atoms. The van der Waals surface area contributed by atoms with Crippen LogP contribution in [0.2, 0.25) is 5.15 Å². The highest BCUT2D eigenvalue weighted by molar-refractivity contribution is 6.32. The number of aromatic nitrogens is 3. The quantitative estimate of drug-likeness (QED) is 0.828. The second-order valence-electron chi connectivity index (χ2n) is 5.52. The molecule has 8 heteroatoms. The monoisotopic (exact) mass is 347 g/mol. The van der Waals surface area contributed by atoms with Crippen LogP contribution in [-0.2, 0) is 9.59 Å². The second-order valence-corrected chi connectivity index (χ2v) is 5.88. The van der Waals surface area contributed by atoms with E-state index < -0.39 is 0 Å². The second kappa shape index (κ2) is 7.00. The van der Waals surface area contributed by atoms with Crippen molar-refractivity contribution < 1.29 is 9.59 Å². The van der Waals surface area contributed by atoms with Gasteiger partial charge >= 0.3 is 0 Å². The van der Waals surface area contributed by atoms with Gasteiger partial charge in [-0.25, -0.2) is 4.68 Å². The molecule has 0 saturated carbocycles. The molecule has 1 aliphatic rings. The zero-order valence-electron chi connectivity index (χ0n) is 13.4. The van der Waals surface area contributed by atoms with E-state index in [4.69, 9.17) is 11.6 Å². The lowest BCUT2D eigenvalue weighted by Crippen LogP contribution is -2.40. The standard InChI is InChI=1S/C16H18ClN5O2/c1-2-21(15(24)11-20-8-4-6-14(20)23)13-10-22(19-16(13)17)12-5-3-7-18-9-12/h3,5,7,9-10H,2,4,6,8,11H2,1H3. The van der Waals surface area contributed by atoms with Gasteiger partial charge in [0.25, 0.3) is 0 Å². The van der Waals surface area contributed by atoms with E-state index in [-0.39, 0.29) is 23.5 Å². The topological polar surface area (TPSA) is 71.3 Å². The first-order valence-electron chi connectivity index (χ1n) is 7.84. The van der Waals surface area contributed by atoms with Gasteiger partial charge in [-0.3, -0.25) is 14.6 Å². The number of carbonyl (C=O) groups excluding carboxylic acids is 2. The smallest absolute Gasteiger partial charge is 0.246 e. The number of hydrogen-bond donors (Lipinski definition) is 0. The van der Waals surface area contributed by atoms with Crippen LogP contribution < -0.4 is 4.90 Å². The molecule has 7 nitrogen and oxygen atoms in total. The van der Waals surface area contributed by atoms with Crippen molar-refractivity contribution in [3.63, 3.8) is 0 Å². The molecule has 1 aliphatic heterocycles. The minimum absolute atomic E-state index is 0.0246. The number of halogens is 1. The van der Waals surface area contributed by atoms with Gasteiger partial charge in [-0.2, -0.15) is 5.10 Å². The van der Waals surface area contributed by atoms with Crippen molar-refractivity contribution in [1.29, 1.82) is 0 Å². The number of anilines is 1. The van der Waals surface area contributed by atoms with Crippen molar-refractivity contribution in [2.24, 2.45) is 0 Å². The molecular formula is C16H18ClN5O2. The number of rotatable bonds is 5. The highest BCUT2D eigenvalue weighted by Gasteiger charge is 2.26. The Morgan fingerprint density at radius 3 is 2.92 bits per heavy atom. The molecule has 0 radical (unpaired) electrons.